The first kappa shape index (κ1) is 23.8. The first-order valence-electron chi connectivity index (χ1n) is 12.0. The van der Waals surface area contributed by atoms with Gasteiger partial charge in [-0.2, -0.15) is 0 Å². The number of anilines is 1. The van der Waals surface area contributed by atoms with Crippen molar-refractivity contribution >= 4 is 23.0 Å². The van der Waals surface area contributed by atoms with Gasteiger partial charge in [-0.3, -0.25) is 0 Å². The molecule has 0 bridgehead atoms. The van der Waals surface area contributed by atoms with E-state index in [4.69, 9.17) is 5.11 Å². The van der Waals surface area contributed by atoms with Gasteiger partial charge < -0.3 is 14.6 Å². The number of benzene rings is 1. The predicted molar refractivity (Wildman–Crippen MR) is 130 cm³/mol. The number of carboxylic acids is 1. The van der Waals surface area contributed by atoms with E-state index in [0.717, 1.165) is 50.4 Å². The SMILES string of the molecule is CCCc1cnc(N2CCC(n3cc(F)c4c(Cc5ccc(C(=O)O)cc5F)ncnc43)CC2)nc1. The number of nitrogens with zero attached hydrogens (tertiary/aromatic N) is 6. The van der Waals surface area contributed by atoms with E-state index in [-0.39, 0.29) is 29.0 Å². The fraction of sp³-hybridized carbons (Fsp3) is 0.346. The number of hydrogen-bond acceptors (Lipinski definition) is 6. The molecule has 1 N–H and O–H groups in total. The predicted octanol–water partition coefficient (Wildman–Crippen LogP) is 4.58. The Morgan fingerprint density at radius 2 is 1.83 bits per heavy atom. The number of fused-ring (bicyclic) bond motifs is 1. The van der Waals surface area contributed by atoms with Crippen LogP contribution in [0.15, 0.2) is 43.1 Å². The van der Waals surface area contributed by atoms with Crippen molar-refractivity contribution in [1.82, 2.24) is 24.5 Å². The summed E-state index contributed by atoms with van der Waals surface area (Å²) in [6, 6.07) is 3.73. The Bertz CT molecular complexity index is 1400. The maximum Gasteiger partial charge on any atom is 0.335 e. The van der Waals surface area contributed by atoms with Crippen LogP contribution in [0.2, 0.25) is 0 Å². The van der Waals surface area contributed by atoms with Gasteiger partial charge in [-0.05, 0) is 42.5 Å². The minimum Gasteiger partial charge on any atom is -0.478 e. The number of hydrogen-bond donors (Lipinski definition) is 1. The molecule has 0 amide bonds. The Labute approximate surface area is 206 Å². The van der Waals surface area contributed by atoms with Crippen molar-refractivity contribution in [2.75, 3.05) is 18.0 Å². The molecule has 10 heteroatoms. The van der Waals surface area contributed by atoms with E-state index in [1.807, 2.05) is 17.0 Å². The average Bonchev–Trinajstić information content (AvgIpc) is 3.23. The zero-order valence-corrected chi connectivity index (χ0v) is 19.9. The van der Waals surface area contributed by atoms with E-state index in [9.17, 15) is 9.18 Å². The van der Waals surface area contributed by atoms with Gasteiger partial charge in [0.2, 0.25) is 5.95 Å². The first-order chi connectivity index (χ1) is 17.4. The lowest BCUT2D eigenvalue weighted by Crippen LogP contribution is -2.35. The van der Waals surface area contributed by atoms with Crippen molar-refractivity contribution in [2.24, 2.45) is 0 Å². The van der Waals surface area contributed by atoms with Crippen LogP contribution in [-0.4, -0.2) is 48.7 Å². The number of aromatic carboxylic acids is 1. The molecule has 186 valence electrons. The Balaban J connectivity index is 1.35. The van der Waals surface area contributed by atoms with Gasteiger partial charge in [0, 0.05) is 44.1 Å². The van der Waals surface area contributed by atoms with Crippen LogP contribution in [0.4, 0.5) is 14.7 Å². The summed E-state index contributed by atoms with van der Waals surface area (Å²) in [4.78, 5) is 30.8. The van der Waals surface area contributed by atoms with Crippen LogP contribution in [-0.2, 0) is 12.8 Å². The number of rotatable bonds is 7. The van der Waals surface area contributed by atoms with Gasteiger partial charge in [0.15, 0.2) is 5.82 Å². The molecule has 1 aliphatic rings. The minimum atomic E-state index is -1.21. The van der Waals surface area contributed by atoms with Crippen molar-refractivity contribution < 1.29 is 18.7 Å². The highest BCUT2D eigenvalue weighted by atomic mass is 19.1. The van der Waals surface area contributed by atoms with Crippen molar-refractivity contribution in [2.45, 2.75) is 45.1 Å². The molecule has 3 aromatic heterocycles. The second-order valence-corrected chi connectivity index (χ2v) is 9.05. The third-order valence-corrected chi connectivity index (χ3v) is 6.67. The van der Waals surface area contributed by atoms with Crippen LogP contribution in [0.5, 0.6) is 0 Å². The van der Waals surface area contributed by atoms with Gasteiger partial charge in [-0.25, -0.2) is 33.5 Å². The van der Waals surface area contributed by atoms with E-state index in [1.54, 1.807) is 0 Å². The lowest BCUT2D eigenvalue weighted by atomic mass is 10.0. The summed E-state index contributed by atoms with van der Waals surface area (Å²) >= 11 is 0. The van der Waals surface area contributed by atoms with E-state index < -0.39 is 17.6 Å². The number of carboxylic acid groups (broad SMARTS) is 1. The molecule has 0 unspecified atom stereocenters. The molecule has 0 atom stereocenters. The van der Waals surface area contributed by atoms with Crippen molar-refractivity contribution in [3.63, 3.8) is 0 Å². The number of aryl methyl sites for hydroxylation is 1. The molecule has 4 heterocycles. The van der Waals surface area contributed by atoms with Crippen molar-refractivity contribution in [3.05, 3.63) is 77.1 Å². The van der Waals surface area contributed by atoms with Crippen molar-refractivity contribution in [3.8, 4) is 0 Å². The quantitative estimate of drug-likeness (QED) is 0.403. The molecule has 0 spiro atoms. The first-order valence-corrected chi connectivity index (χ1v) is 12.0. The molecule has 0 aliphatic carbocycles. The third-order valence-electron chi connectivity index (χ3n) is 6.67. The fourth-order valence-electron chi connectivity index (χ4n) is 4.79. The van der Waals surface area contributed by atoms with Crippen LogP contribution in [0.1, 0.15) is 59.4 Å². The smallest absolute Gasteiger partial charge is 0.335 e. The summed E-state index contributed by atoms with van der Waals surface area (Å²) in [5, 5.41) is 9.32. The molecule has 4 aromatic rings. The molecule has 8 nitrogen and oxygen atoms in total. The number of carbonyl (C=O) groups is 1. The summed E-state index contributed by atoms with van der Waals surface area (Å²) < 4.78 is 31.5. The number of halogens is 2. The molecule has 1 saturated heterocycles. The summed E-state index contributed by atoms with van der Waals surface area (Å²) in [5.41, 5.74) is 2.05. The normalized spacial score (nSPS) is 14.5. The standard InChI is InChI=1S/C26H26F2N6O2/c1-2-3-16-12-29-26(30-13-16)33-8-6-19(7-9-33)34-14-21(28)23-22(31-15-32-24(23)34)11-17-4-5-18(25(35)36)10-20(17)27/h4-5,10,12-15,19H,2-3,6-9,11H2,1H3,(H,35,36). The highest BCUT2D eigenvalue weighted by Crippen LogP contribution is 2.31. The number of piperidine rings is 1. The van der Waals surface area contributed by atoms with Gasteiger partial charge in [0.05, 0.1) is 16.6 Å². The Morgan fingerprint density at radius 3 is 2.50 bits per heavy atom. The largest absolute Gasteiger partial charge is 0.478 e. The monoisotopic (exact) mass is 492 g/mol. The second kappa shape index (κ2) is 9.96. The van der Waals surface area contributed by atoms with E-state index >= 15 is 4.39 Å². The third kappa shape index (κ3) is 4.62. The Hall–Kier alpha value is -3.95. The molecule has 1 aliphatic heterocycles. The Morgan fingerprint density at radius 1 is 1.08 bits per heavy atom. The summed E-state index contributed by atoms with van der Waals surface area (Å²) in [6.45, 7) is 3.59. The molecule has 36 heavy (non-hydrogen) atoms. The van der Waals surface area contributed by atoms with Gasteiger partial charge in [0.25, 0.3) is 0 Å². The average molecular weight is 493 g/mol. The van der Waals surface area contributed by atoms with Gasteiger partial charge in [-0.1, -0.05) is 19.4 Å². The summed E-state index contributed by atoms with van der Waals surface area (Å²) in [7, 11) is 0. The maximum absolute atomic E-state index is 15.1. The zero-order valence-electron chi connectivity index (χ0n) is 19.9. The Kier molecular flexibility index (Phi) is 6.58. The molecule has 0 saturated carbocycles. The summed E-state index contributed by atoms with van der Waals surface area (Å²) in [6.07, 6.45) is 10.1. The van der Waals surface area contributed by atoms with E-state index in [2.05, 4.69) is 31.8 Å². The highest BCUT2D eigenvalue weighted by molar-refractivity contribution is 5.87. The van der Waals surface area contributed by atoms with E-state index in [0.29, 0.717) is 17.3 Å². The van der Waals surface area contributed by atoms with Crippen LogP contribution < -0.4 is 4.90 Å². The molecular formula is C26H26F2N6O2. The molecular weight excluding hydrogens is 466 g/mol. The topological polar surface area (TPSA) is 97.0 Å². The molecule has 1 fully saturated rings. The van der Waals surface area contributed by atoms with Crippen LogP contribution in [0, 0.1) is 11.6 Å². The fourth-order valence-corrected chi connectivity index (χ4v) is 4.79. The van der Waals surface area contributed by atoms with Crippen LogP contribution >= 0.6 is 0 Å². The van der Waals surface area contributed by atoms with Gasteiger partial charge >= 0.3 is 5.97 Å². The van der Waals surface area contributed by atoms with Crippen LogP contribution in [0.25, 0.3) is 11.0 Å². The van der Waals surface area contributed by atoms with Crippen LogP contribution in [0.3, 0.4) is 0 Å². The second-order valence-electron chi connectivity index (χ2n) is 9.05. The highest BCUT2D eigenvalue weighted by Gasteiger charge is 2.26. The van der Waals surface area contributed by atoms with E-state index in [1.165, 1.54) is 24.7 Å². The lowest BCUT2D eigenvalue weighted by molar-refractivity contribution is 0.0696. The van der Waals surface area contributed by atoms with Gasteiger partial charge in [-0.15, -0.1) is 0 Å². The maximum atomic E-state index is 15.1. The minimum absolute atomic E-state index is 0.0233. The van der Waals surface area contributed by atoms with Crippen molar-refractivity contribution in [1.29, 1.82) is 0 Å². The molecule has 5 rings (SSSR count). The molecule has 0 radical (unpaired) electrons. The lowest BCUT2D eigenvalue weighted by Gasteiger charge is -2.32. The number of aromatic nitrogens is 5. The molecule has 1 aromatic carbocycles. The van der Waals surface area contributed by atoms with Gasteiger partial charge in [0.1, 0.15) is 17.8 Å². The summed E-state index contributed by atoms with van der Waals surface area (Å²) in [5.74, 6) is -1.63. The zero-order chi connectivity index (χ0) is 25.2.